The van der Waals surface area contributed by atoms with Crippen molar-refractivity contribution < 1.29 is 19.8 Å². The molecule has 2 atom stereocenters. The summed E-state index contributed by atoms with van der Waals surface area (Å²) in [6.45, 7) is -0.111. The highest BCUT2D eigenvalue weighted by molar-refractivity contribution is 5.75. The molecule has 0 aliphatic heterocycles. The molecule has 6 N–H and O–H groups in total. The fourth-order valence-electron chi connectivity index (χ4n) is 1.22. The van der Waals surface area contributed by atoms with Crippen molar-refractivity contribution in [2.75, 3.05) is 6.54 Å². The number of aromatic nitrogens is 2. The van der Waals surface area contributed by atoms with Crippen molar-refractivity contribution in [2.45, 2.75) is 18.5 Å². The number of carbonyl (C=O) groups is 2. The summed E-state index contributed by atoms with van der Waals surface area (Å²) >= 11 is 0. The highest BCUT2D eigenvalue weighted by atomic mass is 16.4. The van der Waals surface area contributed by atoms with E-state index in [1.54, 1.807) is 0 Å². The number of nitrogens with zero attached hydrogens (tertiary/aromatic N) is 1. The number of rotatable bonds is 7. The molecule has 8 heteroatoms. The number of hydrogen-bond acceptors (Lipinski definition) is 5. The van der Waals surface area contributed by atoms with E-state index in [2.05, 4.69) is 15.3 Å². The summed E-state index contributed by atoms with van der Waals surface area (Å²) in [5.74, 6) is -2.25. The molecule has 0 saturated heterocycles. The second-order valence-corrected chi connectivity index (χ2v) is 3.52. The Kier molecular flexibility index (Phi) is 4.61. The molecule has 0 saturated carbocycles. The van der Waals surface area contributed by atoms with Gasteiger partial charge >= 0.3 is 11.9 Å². The van der Waals surface area contributed by atoms with E-state index in [1.807, 2.05) is 0 Å². The van der Waals surface area contributed by atoms with E-state index in [4.69, 9.17) is 15.9 Å². The van der Waals surface area contributed by atoms with Crippen molar-refractivity contribution >= 4 is 11.9 Å². The Labute approximate surface area is 96.9 Å². The Morgan fingerprint density at radius 2 is 2.18 bits per heavy atom. The van der Waals surface area contributed by atoms with Crippen molar-refractivity contribution in [3.8, 4) is 0 Å². The molecule has 0 amide bonds. The first-order valence-corrected chi connectivity index (χ1v) is 4.92. The minimum absolute atomic E-state index is 0.111. The van der Waals surface area contributed by atoms with Gasteiger partial charge in [-0.15, -0.1) is 0 Å². The maximum absolute atomic E-state index is 10.9. The van der Waals surface area contributed by atoms with E-state index in [-0.39, 0.29) is 13.0 Å². The van der Waals surface area contributed by atoms with Crippen molar-refractivity contribution in [2.24, 2.45) is 5.73 Å². The van der Waals surface area contributed by atoms with Crippen LogP contribution in [0.2, 0.25) is 0 Å². The van der Waals surface area contributed by atoms with Crippen molar-refractivity contribution in [3.05, 3.63) is 18.2 Å². The minimum Gasteiger partial charge on any atom is -0.480 e. The van der Waals surface area contributed by atoms with Crippen LogP contribution in [0.25, 0.3) is 0 Å². The van der Waals surface area contributed by atoms with Gasteiger partial charge in [-0.2, -0.15) is 0 Å². The molecule has 17 heavy (non-hydrogen) atoms. The molecule has 1 heterocycles. The van der Waals surface area contributed by atoms with Crippen molar-refractivity contribution in [1.29, 1.82) is 0 Å². The van der Waals surface area contributed by atoms with Crippen LogP contribution >= 0.6 is 0 Å². The van der Waals surface area contributed by atoms with Crippen LogP contribution in [0, 0.1) is 0 Å². The van der Waals surface area contributed by atoms with Crippen LogP contribution in [-0.4, -0.2) is 50.7 Å². The van der Waals surface area contributed by atoms with E-state index in [1.165, 1.54) is 12.5 Å². The van der Waals surface area contributed by atoms with Gasteiger partial charge in [0.25, 0.3) is 0 Å². The number of carboxylic acids is 2. The van der Waals surface area contributed by atoms with E-state index >= 15 is 0 Å². The molecule has 94 valence electrons. The molecule has 1 aromatic rings. The third-order valence-electron chi connectivity index (χ3n) is 2.18. The van der Waals surface area contributed by atoms with Crippen LogP contribution in [0.3, 0.4) is 0 Å². The van der Waals surface area contributed by atoms with Crippen LogP contribution in [0.4, 0.5) is 0 Å². The highest BCUT2D eigenvalue weighted by Gasteiger charge is 2.20. The molecule has 1 rings (SSSR count). The molecule has 0 spiro atoms. The van der Waals surface area contributed by atoms with Crippen LogP contribution < -0.4 is 11.1 Å². The van der Waals surface area contributed by atoms with E-state index in [9.17, 15) is 9.59 Å². The number of nitrogens with two attached hydrogens (primary N) is 1. The van der Waals surface area contributed by atoms with Crippen LogP contribution in [0.15, 0.2) is 12.5 Å². The van der Waals surface area contributed by atoms with Crippen molar-refractivity contribution in [3.63, 3.8) is 0 Å². The zero-order valence-electron chi connectivity index (χ0n) is 8.96. The summed E-state index contributed by atoms with van der Waals surface area (Å²) in [6.07, 6.45) is 3.13. The number of H-pyrrole nitrogens is 1. The lowest BCUT2D eigenvalue weighted by Crippen LogP contribution is -2.47. The fourth-order valence-corrected chi connectivity index (χ4v) is 1.22. The standard InChI is InChI=1S/C9H14N4O4/c10-6(8(14)15)3-12-7(9(16)17)1-5-2-11-4-13-5/h2,4,6-7,12H,1,3,10H2,(H,11,13)(H,14,15)(H,16,17). The monoisotopic (exact) mass is 242 g/mol. The molecule has 1 aromatic heterocycles. The molecular formula is C9H14N4O4. The predicted octanol–water partition coefficient (Wildman–Crippen LogP) is -1.59. The van der Waals surface area contributed by atoms with Crippen molar-refractivity contribution in [1.82, 2.24) is 15.3 Å². The molecule has 0 aromatic carbocycles. The lowest BCUT2D eigenvalue weighted by atomic mass is 10.1. The Morgan fingerprint density at radius 3 is 2.65 bits per heavy atom. The summed E-state index contributed by atoms with van der Waals surface area (Å²) in [5, 5.41) is 20.1. The number of carboxylic acid groups (broad SMARTS) is 2. The van der Waals surface area contributed by atoms with Gasteiger partial charge in [0.15, 0.2) is 0 Å². The summed E-state index contributed by atoms with van der Waals surface area (Å²) in [6, 6.07) is -2.03. The van der Waals surface area contributed by atoms with Gasteiger partial charge in [0.2, 0.25) is 0 Å². The average molecular weight is 242 g/mol. The molecular weight excluding hydrogens is 228 g/mol. The number of hydrogen-bond donors (Lipinski definition) is 5. The minimum atomic E-state index is -1.18. The summed E-state index contributed by atoms with van der Waals surface area (Å²) in [7, 11) is 0. The maximum Gasteiger partial charge on any atom is 0.321 e. The van der Waals surface area contributed by atoms with E-state index in [0.29, 0.717) is 5.69 Å². The Hall–Kier alpha value is -1.93. The smallest absolute Gasteiger partial charge is 0.321 e. The van der Waals surface area contributed by atoms with Gasteiger partial charge in [0.1, 0.15) is 12.1 Å². The quantitative estimate of drug-likeness (QED) is 0.388. The Bertz CT molecular complexity index is 378. The average Bonchev–Trinajstić information content (AvgIpc) is 2.75. The normalized spacial score (nSPS) is 14.2. The van der Waals surface area contributed by atoms with Gasteiger partial charge in [-0.3, -0.25) is 9.59 Å². The number of aromatic amines is 1. The van der Waals surface area contributed by atoms with Crippen LogP contribution in [0.1, 0.15) is 5.69 Å². The summed E-state index contributed by atoms with van der Waals surface area (Å²) in [5.41, 5.74) is 5.91. The highest BCUT2D eigenvalue weighted by Crippen LogP contribution is 1.98. The lowest BCUT2D eigenvalue weighted by Gasteiger charge is -2.15. The molecule has 0 fully saturated rings. The topological polar surface area (TPSA) is 141 Å². The molecule has 0 bridgehead atoms. The van der Waals surface area contributed by atoms with Crippen LogP contribution in [0.5, 0.6) is 0 Å². The summed E-state index contributed by atoms with van der Waals surface area (Å²) < 4.78 is 0. The van der Waals surface area contributed by atoms with Crippen LogP contribution in [-0.2, 0) is 16.0 Å². The van der Waals surface area contributed by atoms with Gasteiger partial charge < -0.3 is 26.2 Å². The van der Waals surface area contributed by atoms with Gasteiger partial charge in [0, 0.05) is 24.9 Å². The maximum atomic E-state index is 10.9. The first-order chi connectivity index (χ1) is 8.00. The summed E-state index contributed by atoms with van der Waals surface area (Å²) in [4.78, 5) is 27.9. The first-order valence-electron chi connectivity index (χ1n) is 4.92. The van der Waals surface area contributed by atoms with E-state index in [0.717, 1.165) is 0 Å². The first kappa shape index (κ1) is 13.1. The molecule has 0 radical (unpaired) electrons. The van der Waals surface area contributed by atoms with Gasteiger partial charge in [0.05, 0.1) is 6.33 Å². The molecule has 8 nitrogen and oxygen atoms in total. The second-order valence-electron chi connectivity index (χ2n) is 3.52. The molecule has 2 unspecified atom stereocenters. The zero-order valence-corrected chi connectivity index (χ0v) is 8.96. The lowest BCUT2D eigenvalue weighted by molar-refractivity contribution is -0.141. The predicted molar refractivity (Wildman–Crippen MR) is 57.3 cm³/mol. The largest absolute Gasteiger partial charge is 0.480 e. The van der Waals surface area contributed by atoms with Gasteiger partial charge in [-0.25, -0.2) is 4.98 Å². The van der Waals surface area contributed by atoms with Gasteiger partial charge in [-0.1, -0.05) is 0 Å². The third kappa shape index (κ3) is 4.21. The molecule has 0 aliphatic rings. The number of imidazole rings is 1. The second kappa shape index (κ2) is 5.97. The Balaban J connectivity index is 2.49. The van der Waals surface area contributed by atoms with Gasteiger partial charge in [-0.05, 0) is 0 Å². The molecule has 0 aliphatic carbocycles. The third-order valence-corrected chi connectivity index (χ3v) is 2.18. The SMILES string of the molecule is NC(CNC(Cc1cnc[nH]1)C(=O)O)C(=O)O. The zero-order chi connectivity index (χ0) is 12.8. The van der Waals surface area contributed by atoms with E-state index < -0.39 is 24.0 Å². The Morgan fingerprint density at radius 1 is 1.47 bits per heavy atom. The fraction of sp³-hybridized carbons (Fsp3) is 0.444. The number of aliphatic carboxylic acids is 2. The number of nitrogens with one attached hydrogen (secondary N) is 2.